The molecule has 11 heteroatoms. The van der Waals surface area contributed by atoms with Crippen molar-refractivity contribution in [1.29, 1.82) is 0 Å². The Labute approximate surface area is 170 Å². The molecule has 140 valence electrons. The van der Waals surface area contributed by atoms with Gasteiger partial charge in [-0.05, 0) is 26.7 Å². The van der Waals surface area contributed by atoms with Crippen molar-refractivity contribution in [3.63, 3.8) is 0 Å². The number of primary amides is 1. The van der Waals surface area contributed by atoms with Gasteiger partial charge in [0.2, 0.25) is 11.8 Å². The summed E-state index contributed by atoms with van der Waals surface area (Å²) in [4.78, 5) is 34.6. The molecule has 0 fully saturated rings. The molecular formula is C14H25N2NaO7S. The van der Waals surface area contributed by atoms with Gasteiger partial charge in [0.25, 0.3) is 0 Å². The summed E-state index contributed by atoms with van der Waals surface area (Å²) in [5.74, 6) is -5.51. The number of carboxylic acid groups (broad SMARTS) is 1. The van der Waals surface area contributed by atoms with E-state index in [1.807, 2.05) is 0 Å². The van der Waals surface area contributed by atoms with Crippen LogP contribution < -0.4 is 40.6 Å². The first-order valence-corrected chi connectivity index (χ1v) is 9.00. The summed E-state index contributed by atoms with van der Waals surface area (Å²) < 4.78 is 32.7. The Morgan fingerprint density at radius 2 is 1.60 bits per heavy atom. The van der Waals surface area contributed by atoms with Crippen molar-refractivity contribution in [2.24, 2.45) is 23.5 Å². The molecule has 0 heterocycles. The SMILES string of the molecule is CC(CC(CC(C)C(=O)O)C(=O)NC(C)(C)CS(=O)(=O)[O-])C(N)=O.[Na+]. The molecule has 0 aromatic carbocycles. The number of amides is 2. The predicted octanol–water partition coefficient (Wildman–Crippen LogP) is -3.33. The van der Waals surface area contributed by atoms with Gasteiger partial charge in [-0.2, -0.15) is 0 Å². The molecule has 0 aliphatic carbocycles. The fraction of sp³-hybridized carbons (Fsp3) is 0.786. The van der Waals surface area contributed by atoms with E-state index in [1.54, 1.807) is 0 Å². The molecule has 0 saturated heterocycles. The minimum Gasteiger partial charge on any atom is -0.748 e. The Bertz CT molecular complexity index is 570. The number of carbonyl (C=O) groups excluding carboxylic acids is 2. The smallest absolute Gasteiger partial charge is 0.748 e. The first-order chi connectivity index (χ1) is 10.6. The van der Waals surface area contributed by atoms with Crippen LogP contribution >= 0.6 is 0 Å². The third-order valence-electron chi connectivity index (χ3n) is 3.55. The van der Waals surface area contributed by atoms with E-state index in [0.717, 1.165) is 0 Å². The van der Waals surface area contributed by atoms with Crippen LogP contribution in [0.2, 0.25) is 0 Å². The fourth-order valence-electron chi connectivity index (χ4n) is 2.29. The number of hydrogen-bond acceptors (Lipinski definition) is 6. The average molecular weight is 388 g/mol. The van der Waals surface area contributed by atoms with Gasteiger partial charge in [-0.3, -0.25) is 14.4 Å². The second kappa shape index (κ2) is 10.5. The van der Waals surface area contributed by atoms with E-state index in [4.69, 9.17) is 10.8 Å². The molecule has 0 aliphatic rings. The van der Waals surface area contributed by atoms with E-state index < -0.39 is 56.9 Å². The zero-order valence-corrected chi connectivity index (χ0v) is 18.1. The monoisotopic (exact) mass is 388 g/mol. The largest absolute Gasteiger partial charge is 1.00 e. The predicted molar refractivity (Wildman–Crippen MR) is 84.7 cm³/mol. The average Bonchev–Trinajstić information content (AvgIpc) is 2.33. The van der Waals surface area contributed by atoms with Gasteiger partial charge in [-0.1, -0.05) is 13.8 Å². The Morgan fingerprint density at radius 1 is 1.16 bits per heavy atom. The van der Waals surface area contributed by atoms with Crippen LogP contribution in [-0.2, 0) is 24.5 Å². The van der Waals surface area contributed by atoms with E-state index in [1.165, 1.54) is 27.7 Å². The van der Waals surface area contributed by atoms with Gasteiger partial charge in [-0.15, -0.1) is 0 Å². The summed E-state index contributed by atoms with van der Waals surface area (Å²) in [6.07, 6.45) is -0.0159. The van der Waals surface area contributed by atoms with Crippen molar-refractivity contribution in [3.8, 4) is 0 Å². The number of aliphatic carboxylic acids is 1. The van der Waals surface area contributed by atoms with Gasteiger partial charge in [0.15, 0.2) is 0 Å². The van der Waals surface area contributed by atoms with Crippen LogP contribution in [0, 0.1) is 17.8 Å². The fourth-order valence-corrected chi connectivity index (χ4v) is 3.25. The molecule has 0 bridgehead atoms. The summed E-state index contributed by atoms with van der Waals surface area (Å²) in [7, 11) is -4.56. The molecule has 0 aromatic heterocycles. The van der Waals surface area contributed by atoms with Crippen molar-refractivity contribution in [1.82, 2.24) is 5.32 Å². The van der Waals surface area contributed by atoms with Crippen LogP contribution in [0.5, 0.6) is 0 Å². The Morgan fingerprint density at radius 3 is 1.96 bits per heavy atom. The minimum absolute atomic E-state index is 0. The van der Waals surface area contributed by atoms with E-state index >= 15 is 0 Å². The number of nitrogens with one attached hydrogen (secondary N) is 1. The first-order valence-electron chi connectivity index (χ1n) is 7.42. The summed E-state index contributed by atoms with van der Waals surface area (Å²) >= 11 is 0. The molecule has 0 spiro atoms. The topological polar surface area (TPSA) is 167 Å². The Kier molecular flexibility index (Phi) is 11.1. The molecule has 0 aliphatic heterocycles. The molecule has 3 unspecified atom stereocenters. The molecule has 0 aromatic rings. The second-order valence-electron chi connectivity index (χ2n) is 6.79. The zero-order chi connectivity index (χ0) is 19.3. The number of carbonyl (C=O) groups is 3. The quantitative estimate of drug-likeness (QED) is 0.260. The maximum absolute atomic E-state index is 12.4. The summed E-state index contributed by atoms with van der Waals surface area (Å²) in [6, 6.07) is 0. The van der Waals surface area contributed by atoms with Gasteiger partial charge >= 0.3 is 35.5 Å². The Balaban J connectivity index is 0. The van der Waals surface area contributed by atoms with Gasteiger partial charge < -0.3 is 20.7 Å². The molecule has 4 N–H and O–H groups in total. The van der Waals surface area contributed by atoms with Crippen LogP contribution in [0.4, 0.5) is 0 Å². The molecule has 0 radical (unpaired) electrons. The van der Waals surface area contributed by atoms with Crippen LogP contribution in [0.1, 0.15) is 40.5 Å². The van der Waals surface area contributed by atoms with Crippen LogP contribution in [0.15, 0.2) is 0 Å². The van der Waals surface area contributed by atoms with Crippen LogP contribution in [-0.4, -0.2) is 47.2 Å². The zero-order valence-electron chi connectivity index (χ0n) is 15.2. The number of carboxylic acids is 1. The van der Waals surface area contributed by atoms with E-state index in [-0.39, 0.29) is 42.4 Å². The van der Waals surface area contributed by atoms with Crippen LogP contribution in [0.25, 0.3) is 0 Å². The first kappa shape index (κ1) is 26.5. The normalized spacial score (nSPS) is 15.4. The summed E-state index contributed by atoms with van der Waals surface area (Å²) in [6.45, 7) is 5.68. The van der Waals surface area contributed by atoms with Gasteiger partial charge in [0.1, 0.15) is 0 Å². The van der Waals surface area contributed by atoms with Crippen molar-refractivity contribution in [2.75, 3.05) is 5.75 Å². The maximum atomic E-state index is 12.4. The molecular weight excluding hydrogens is 363 g/mol. The van der Waals surface area contributed by atoms with E-state index in [2.05, 4.69) is 5.32 Å². The standard InChI is InChI=1S/C14H26N2O7S.Na/c1-8(11(15)17)5-10(6-9(2)13(19)20)12(18)16-14(3,4)7-24(21,22)23;/h8-10H,5-7H2,1-4H3,(H2,15,17)(H,16,18)(H,19,20)(H,21,22,23);/q;+1/p-1. The second-order valence-corrected chi connectivity index (χ2v) is 8.19. The molecule has 25 heavy (non-hydrogen) atoms. The maximum Gasteiger partial charge on any atom is 1.00 e. The van der Waals surface area contributed by atoms with Crippen molar-refractivity contribution in [2.45, 2.75) is 46.1 Å². The third-order valence-corrected chi connectivity index (χ3v) is 4.63. The van der Waals surface area contributed by atoms with Gasteiger partial charge in [-0.25, -0.2) is 8.42 Å². The van der Waals surface area contributed by atoms with Crippen LogP contribution in [0.3, 0.4) is 0 Å². The number of nitrogens with two attached hydrogens (primary N) is 1. The van der Waals surface area contributed by atoms with Gasteiger partial charge in [0, 0.05) is 17.4 Å². The number of hydrogen-bond donors (Lipinski definition) is 3. The van der Waals surface area contributed by atoms with Crippen molar-refractivity contribution < 1.29 is 62.0 Å². The molecule has 9 nitrogen and oxygen atoms in total. The number of rotatable bonds is 10. The minimum atomic E-state index is -4.56. The molecule has 2 amide bonds. The third kappa shape index (κ3) is 11.5. The molecule has 3 atom stereocenters. The van der Waals surface area contributed by atoms with Crippen molar-refractivity contribution >= 4 is 27.9 Å². The van der Waals surface area contributed by atoms with Crippen molar-refractivity contribution in [3.05, 3.63) is 0 Å². The van der Waals surface area contributed by atoms with Gasteiger partial charge in [0.05, 0.1) is 21.8 Å². The van der Waals surface area contributed by atoms with E-state index in [9.17, 15) is 27.4 Å². The summed E-state index contributed by atoms with van der Waals surface area (Å²) in [5.41, 5.74) is 3.86. The Hall–Kier alpha value is -0.680. The molecule has 0 saturated carbocycles. The summed E-state index contributed by atoms with van der Waals surface area (Å²) in [5, 5.41) is 11.4. The van der Waals surface area contributed by atoms with E-state index in [0.29, 0.717) is 0 Å². The molecule has 0 rings (SSSR count).